The van der Waals surface area contributed by atoms with Gasteiger partial charge >= 0.3 is 0 Å². The van der Waals surface area contributed by atoms with Crippen molar-refractivity contribution in [1.29, 1.82) is 0 Å². The van der Waals surface area contributed by atoms with Crippen molar-refractivity contribution in [2.45, 2.75) is 6.92 Å². The van der Waals surface area contributed by atoms with Gasteiger partial charge in [0.2, 0.25) is 0 Å². The lowest BCUT2D eigenvalue weighted by molar-refractivity contribution is 0.102. The molecule has 0 fully saturated rings. The Labute approximate surface area is 124 Å². The van der Waals surface area contributed by atoms with E-state index in [-0.39, 0.29) is 5.56 Å². The smallest absolute Gasteiger partial charge is 0.258 e. The predicted molar refractivity (Wildman–Crippen MR) is 77.6 cm³/mol. The molecule has 1 heterocycles. The Balaban J connectivity index is 2.21. The van der Waals surface area contributed by atoms with Gasteiger partial charge in [0.25, 0.3) is 5.91 Å². The van der Waals surface area contributed by atoms with Crippen LogP contribution in [0.4, 0.5) is 10.1 Å². The summed E-state index contributed by atoms with van der Waals surface area (Å²) >= 11 is 3.27. The van der Waals surface area contributed by atoms with Crippen LogP contribution >= 0.6 is 15.9 Å². The van der Waals surface area contributed by atoms with E-state index in [1.807, 2.05) is 6.92 Å². The number of benzene rings is 1. The molecule has 1 amide bonds. The van der Waals surface area contributed by atoms with Crippen molar-refractivity contribution in [3.63, 3.8) is 0 Å². The first-order chi connectivity index (χ1) is 9.51. The van der Waals surface area contributed by atoms with E-state index >= 15 is 0 Å². The number of nitrogens with one attached hydrogen (secondary N) is 1. The number of methoxy groups -OCH3 is 1. The molecule has 0 unspecified atom stereocenters. The average Bonchev–Trinajstić information content (AvgIpc) is 2.42. The third-order valence-corrected chi connectivity index (χ3v) is 3.52. The van der Waals surface area contributed by atoms with Gasteiger partial charge < -0.3 is 10.1 Å². The van der Waals surface area contributed by atoms with Crippen molar-refractivity contribution in [1.82, 2.24) is 4.98 Å². The molecular weight excluding hydrogens is 327 g/mol. The zero-order chi connectivity index (χ0) is 14.7. The molecule has 0 aliphatic carbocycles. The summed E-state index contributed by atoms with van der Waals surface area (Å²) in [6.45, 7) is 1.85. The largest absolute Gasteiger partial charge is 0.497 e. The molecule has 20 heavy (non-hydrogen) atoms. The maximum Gasteiger partial charge on any atom is 0.258 e. The number of carbonyl (C=O) groups excluding carboxylic acids is 1. The molecule has 0 saturated heterocycles. The number of carbonyl (C=O) groups is 1. The van der Waals surface area contributed by atoms with E-state index in [0.717, 1.165) is 5.56 Å². The Kier molecular flexibility index (Phi) is 4.34. The van der Waals surface area contributed by atoms with Crippen molar-refractivity contribution in [3.05, 3.63) is 52.0 Å². The lowest BCUT2D eigenvalue weighted by Gasteiger charge is -2.08. The zero-order valence-electron chi connectivity index (χ0n) is 10.9. The number of nitrogens with zero attached hydrogens (tertiary/aromatic N) is 1. The summed E-state index contributed by atoms with van der Waals surface area (Å²) in [5, 5.41) is 2.60. The lowest BCUT2D eigenvalue weighted by atomic mass is 10.2. The SMILES string of the molecule is COc1ccc(C(=O)Nc2cnc(Br)c(C)c2)c(F)c1. The summed E-state index contributed by atoms with van der Waals surface area (Å²) in [5.41, 5.74) is 1.33. The third-order valence-electron chi connectivity index (χ3n) is 2.69. The number of amides is 1. The van der Waals surface area contributed by atoms with Crippen molar-refractivity contribution in [3.8, 4) is 5.75 Å². The molecule has 0 radical (unpaired) electrons. The molecule has 0 aliphatic rings. The molecule has 0 spiro atoms. The molecule has 0 aliphatic heterocycles. The average molecular weight is 339 g/mol. The Morgan fingerprint density at radius 3 is 2.75 bits per heavy atom. The van der Waals surface area contributed by atoms with E-state index in [4.69, 9.17) is 4.74 Å². The molecule has 2 rings (SSSR count). The van der Waals surface area contributed by atoms with E-state index in [1.54, 1.807) is 6.07 Å². The third kappa shape index (κ3) is 3.14. The number of ether oxygens (including phenoxy) is 1. The topological polar surface area (TPSA) is 51.2 Å². The Hall–Kier alpha value is -1.95. The van der Waals surface area contributed by atoms with Crippen molar-refractivity contribution >= 4 is 27.5 Å². The van der Waals surface area contributed by atoms with Crippen molar-refractivity contribution in [2.24, 2.45) is 0 Å². The van der Waals surface area contributed by atoms with E-state index in [1.165, 1.54) is 31.5 Å². The van der Waals surface area contributed by atoms with Gasteiger partial charge in [-0.2, -0.15) is 0 Å². The lowest BCUT2D eigenvalue weighted by Crippen LogP contribution is -2.14. The number of hydrogen-bond acceptors (Lipinski definition) is 3. The van der Waals surface area contributed by atoms with E-state index in [2.05, 4.69) is 26.2 Å². The molecule has 1 aromatic carbocycles. The highest BCUT2D eigenvalue weighted by Gasteiger charge is 2.13. The van der Waals surface area contributed by atoms with Crippen LogP contribution in [0.15, 0.2) is 35.1 Å². The van der Waals surface area contributed by atoms with E-state index < -0.39 is 11.7 Å². The highest BCUT2D eigenvalue weighted by atomic mass is 79.9. The van der Waals surface area contributed by atoms with Crippen LogP contribution in [0.5, 0.6) is 5.75 Å². The zero-order valence-corrected chi connectivity index (χ0v) is 12.5. The van der Waals surface area contributed by atoms with Gasteiger partial charge in [-0.05, 0) is 46.6 Å². The van der Waals surface area contributed by atoms with Gasteiger partial charge in [0.1, 0.15) is 16.2 Å². The van der Waals surface area contributed by atoms with Crippen LogP contribution in [0, 0.1) is 12.7 Å². The van der Waals surface area contributed by atoms with Crippen LogP contribution < -0.4 is 10.1 Å². The fourth-order valence-electron chi connectivity index (χ4n) is 1.63. The summed E-state index contributed by atoms with van der Waals surface area (Å²) < 4.78 is 19.4. The Morgan fingerprint density at radius 1 is 1.40 bits per heavy atom. The van der Waals surface area contributed by atoms with Crippen LogP contribution in [-0.4, -0.2) is 18.0 Å². The quantitative estimate of drug-likeness (QED) is 0.870. The standard InChI is InChI=1S/C14H12BrFN2O2/c1-8-5-9(7-17-13(8)15)18-14(19)11-4-3-10(20-2)6-12(11)16/h3-7H,1-2H3,(H,18,19). The summed E-state index contributed by atoms with van der Waals surface area (Å²) in [7, 11) is 1.44. The Morgan fingerprint density at radius 2 is 2.15 bits per heavy atom. The molecular formula is C14H12BrFN2O2. The summed E-state index contributed by atoms with van der Waals surface area (Å²) in [5.74, 6) is -0.808. The minimum atomic E-state index is -0.636. The second-order valence-electron chi connectivity index (χ2n) is 4.13. The highest BCUT2D eigenvalue weighted by molar-refractivity contribution is 9.10. The minimum Gasteiger partial charge on any atom is -0.497 e. The maximum absolute atomic E-state index is 13.8. The summed E-state index contributed by atoms with van der Waals surface area (Å²) in [4.78, 5) is 16.1. The maximum atomic E-state index is 13.8. The molecule has 0 saturated carbocycles. The van der Waals surface area contributed by atoms with Crippen LogP contribution in [-0.2, 0) is 0 Å². The first-order valence-corrected chi connectivity index (χ1v) is 6.57. The number of halogens is 2. The van der Waals surface area contributed by atoms with Gasteiger partial charge in [-0.15, -0.1) is 0 Å². The molecule has 1 aromatic heterocycles. The number of rotatable bonds is 3. The van der Waals surface area contributed by atoms with Gasteiger partial charge in [0.05, 0.1) is 24.6 Å². The fraction of sp³-hybridized carbons (Fsp3) is 0.143. The molecule has 104 valence electrons. The number of pyridine rings is 1. The Bertz CT molecular complexity index is 662. The van der Waals surface area contributed by atoms with Crippen LogP contribution in [0.3, 0.4) is 0 Å². The van der Waals surface area contributed by atoms with Crippen molar-refractivity contribution in [2.75, 3.05) is 12.4 Å². The monoisotopic (exact) mass is 338 g/mol. The van der Waals surface area contributed by atoms with Gasteiger partial charge in [-0.25, -0.2) is 9.37 Å². The molecule has 6 heteroatoms. The number of aryl methyl sites for hydroxylation is 1. The van der Waals surface area contributed by atoms with E-state index in [0.29, 0.717) is 16.0 Å². The molecule has 1 N–H and O–H groups in total. The normalized spacial score (nSPS) is 10.2. The molecule has 0 bridgehead atoms. The van der Waals surface area contributed by atoms with Crippen LogP contribution in [0.25, 0.3) is 0 Å². The van der Waals surface area contributed by atoms with Gasteiger partial charge in [0.15, 0.2) is 0 Å². The molecule has 2 aromatic rings. The minimum absolute atomic E-state index is 0.0497. The molecule has 4 nitrogen and oxygen atoms in total. The first kappa shape index (κ1) is 14.5. The fourth-order valence-corrected chi connectivity index (χ4v) is 1.85. The van der Waals surface area contributed by atoms with Crippen LogP contribution in [0.1, 0.15) is 15.9 Å². The number of aromatic nitrogens is 1. The second kappa shape index (κ2) is 6.00. The number of hydrogen-bond donors (Lipinski definition) is 1. The summed E-state index contributed by atoms with van der Waals surface area (Å²) in [6.07, 6.45) is 1.50. The van der Waals surface area contributed by atoms with E-state index in [9.17, 15) is 9.18 Å². The predicted octanol–water partition coefficient (Wildman–Crippen LogP) is 3.55. The van der Waals surface area contributed by atoms with Crippen molar-refractivity contribution < 1.29 is 13.9 Å². The number of anilines is 1. The molecule has 0 atom stereocenters. The van der Waals surface area contributed by atoms with Gasteiger partial charge in [0, 0.05) is 6.07 Å². The van der Waals surface area contributed by atoms with Gasteiger partial charge in [-0.1, -0.05) is 0 Å². The van der Waals surface area contributed by atoms with Crippen LogP contribution in [0.2, 0.25) is 0 Å². The van der Waals surface area contributed by atoms with Gasteiger partial charge in [-0.3, -0.25) is 4.79 Å². The second-order valence-corrected chi connectivity index (χ2v) is 4.88. The summed E-state index contributed by atoms with van der Waals surface area (Å²) in [6, 6.07) is 5.82. The highest BCUT2D eigenvalue weighted by Crippen LogP contribution is 2.20. The first-order valence-electron chi connectivity index (χ1n) is 5.78.